The van der Waals surface area contributed by atoms with Gasteiger partial charge in [-0.2, -0.15) is 0 Å². The number of benzene rings is 1. The van der Waals surface area contributed by atoms with E-state index >= 15 is 0 Å². The molecule has 124 valence electrons. The van der Waals surface area contributed by atoms with Crippen LogP contribution in [0, 0.1) is 0 Å². The smallest absolute Gasteiger partial charge is 0.0681 e. The van der Waals surface area contributed by atoms with Crippen LogP contribution in [0.3, 0.4) is 0 Å². The summed E-state index contributed by atoms with van der Waals surface area (Å²) in [5.74, 6) is 0. The highest BCUT2D eigenvalue weighted by atomic mass is 16.3. The zero-order chi connectivity index (χ0) is 15.9. The first kappa shape index (κ1) is 17.4. The molecule has 1 aliphatic heterocycles. The number of aliphatic hydroxyl groups is 1. The highest BCUT2D eigenvalue weighted by Gasteiger charge is 2.20. The molecule has 0 bridgehead atoms. The molecule has 0 amide bonds. The Bertz CT molecular complexity index is 442. The topological polar surface area (TPSA) is 38.7 Å². The molecule has 4 nitrogen and oxygen atoms in total. The molecule has 0 saturated carbocycles. The first-order chi connectivity index (χ1) is 10.6. The molecule has 1 aromatic carbocycles. The Labute approximate surface area is 135 Å². The van der Waals surface area contributed by atoms with Crippen molar-refractivity contribution in [2.45, 2.75) is 38.5 Å². The van der Waals surface area contributed by atoms with Crippen LogP contribution in [0.5, 0.6) is 0 Å². The number of nitrogens with zero attached hydrogens (tertiary/aromatic N) is 2. The Morgan fingerprint density at radius 2 is 2.05 bits per heavy atom. The highest BCUT2D eigenvalue weighted by Crippen LogP contribution is 2.15. The van der Waals surface area contributed by atoms with Gasteiger partial charge in [0.1, 0.15) is 0 Å². The second kappa shape index (κ2) is 8.63. The van der Waals surface area contributed by atoms with Crippen molar-refractivity contribution < 1.29 is 5.11 Å². The van der Waals surface area contributed by atoms with Crippen LogP contribution in [0.15, 0.2) is 24.3 Å². The van der Waals surface area contributed by atoms with E-state index < -0.39 is 0 Å². The second-order valence-corrected chi connectivity index (χ2v) is 6.62. The molecule has 2 rings (SSSR count). The third-order valence-electron chi connectivity index (χ3n) is 4.80. The van der Waals surface area contributed by atoms with Crippen molar-refractivity contribution in [1.29, 1.82) is 0 Å². The van der Waals surface area contributed by atoms with E-state index in [9.17, 15) is 5.11 Å². The molecule has 0 aromatic heterocycles. The first-order valence-corrected chi connectivity index (χ1v) is 8.42. The molecule has 1 aliphatic rings. The number of piperidine rings is 1. The minimum atomic E-state index is 0.112. The zero-order valence-electron chi connectivity index (χ0n) is 14.3. The first-order valence-electron chi connectivity index (χ1n) is 8.42. The Morgan fingerprint density at radius 1 is 1.32 bits per heavy atom. The van der Waals surface area contributed by atoms with Gasteiger partial charge in [-0.3, -0.25) is 0 Å². The number of likely N-dealkylation sites (tertiary alicyclic amines) is 1. The monoisotopic (exact) mass is 305 g/mol. The average molecular weight is 305 g/mol. The molecule has 2 N–H and O–H groups in total. The van der Waals surface area contributed by atoms with Crippen molar-refractivity contribution in [1.82, 2.24) is 15.1 Å². The molecule has 0 radical (unpaired) electrons. The zero-order valence-corrected chi connectivity index (χ0v) is 14.3. The van der Waals surface area contributed by atoms with Crippen LogP contribution in [0.2, 0.25) is 0 Å². The SMILES string of the molecule is CC(NCCN1CCC(N(C)C)CC1)c1cccc(CO)c1. The standard InChI is InChI=1S/C18H31N3O/c1-15(17-6-4-5-16(13-17)14-22)19-9-12-21-10-7-18(8-11-21)20(2)3/h4-6,13,15,18-19,22H,7-12,14H2,1-3H3. The second-order valence-electron chi connectivity index (χ2n) is 6.62. The van der Waals surface area contributed by atoms with Crippen molar-refractivity contribution in [3.05, 3.63) is 35.4 Å². The van der Waals surface area contributed by atoms with Gasteiger partial charge in [-0.1, -0.05) is 24.3 Å². The van der Waals surface area contributed by atoms with Crippen molar-refractivity contribution >= 4 is 0 Å². The molecular weight excluding hydrogens is 274 g/mol. The number of rotatable bonds is 7. The Hall–Kier alpha value is -0.940. The van der Waals surface area contributed by atoms with E-state index in [1.165, 1.54) is 31.5 Å². The molecule has 0 aliphatic carbocycles. The maximum absolute atomic E-state index is 9.22. The quantitative estimate of drug-likeness (QED) is 0.806. The van der Waals surface area contributed by atoms with Crippen molar-refractivity contribution in [2.75, 3.05) is 40.3 Å². The molecule has 1 unspecified atom stereocenters. The molecule has 1 aromatic rings. The fraction of sp³-hybridized carbons (Fsp3) is 0.667. The van der Waals surface area contributed by atoms with E-state index in [0.29, 0.717) is 6.04 Å². The Kier molecular flexibility index (Phi) is 6.83. The van der Waals surface area contributed by atoms with Crippen LogP contribution < -0.4 is 5.32 Å². The average Bonchev–Trinajstić information content (AvgIpc) is 2.55. The molecule has 4 heteroatoms. The minimum Gasteiger partial charge on any atom is -0.392 e. The molecule has 1 fully saturated rings. The molecule has 1 saturated heterocycles. The van der Waals surface area contributed by atoms with Gasteiger partial charge in [0.25, 0.3) is 0 Å². The van der Waals surface area contributed by atoms with Gasteiger partial charge in [0.2, 0.25) is 0 Å². The van der Waals surface area contributed by atoms with Crippen LogP contribution in [-0.2, 0) is 6.61 Å². The third-order valence-corrected chi connectivity index (χ3v) is 4.80. The predicted molar refractivity (Wildman–Crippen MR) is 91.9 cm³/mol. The molecule has 0 spiro atoms. The van der Waals surface area contributed by atoms with Crippen LogP contribution in [-0.4, -0.2) is 61.2 Å². The fourth-order valence-corrected chi connectivity index (χ4v) is 3.18. The van der Waals surface area contributed by atoms with E-state index in [4.69, 9.17) is 0 Å². The third kappa shape index (κ3) is 5.06. The molecule has 22 heavy (non-hydrogen) atoms. The summed E-state index contributed by atoms with van der Waals surface area (Å²) in [5, 5.41) is 12.8. The van der Waals surface area contributed by atoms with E-state index in [2.05, 4.69) is 48.3 Å². The predicted octanol–water partition coefficient (Wildman–Crippen LogP) is 1.86. The van der Waals surface area contributed by atoms with E-state index in [1.807, 2.05) is 12.1 Å². The minimum absolute atomic E-state index is 0.112. The maximum Gasteiger partial charge on any atom is 0.0681 e. The summed E-state index contributed by atoms with van der Waals surface area (Å²) in [6.45, 7) is 6.84. The number of hydrogen-bond donors (Lipinski definition) is 2. The van der Waals surface area contributed by atoms with Crippen LogP contribution in [0.1, 0.15) is 36.9 Å². The van der Waals surface area contributed by atoms with Crippen LogP contribution in [0.4, 0.5) is 0 Å². The van der Waals surface area contributed by atoms with Crippen LogP contribution in [0.25, 0.3) is 0 Å². The summed E-state index contributed by atoms with van der Waals surface area (Å²) in [5.41, 5.74) is 2.23. The van der Waals surface area contributed by atoms with Gasteiger partial charge in [0.15, 0.2) is 0 Å². The lowest BCUT2D eigenvalue weighted by atomic mass is 10.0. The summed E-state index contributed by atoms with van der Waals surface area (Å²) in [6, 6.07) is 9.27. The summed E-state index contributed by atoms with van der Waals surface area (Å²) in [6.07, 6.45) is 2.56. The van der Waals surface area contributed by atoms with Gasteiger partial charge in [0, 0.05) is 25.2 Å². The number of aliphatic hydroxyl groups excluding tert-OH is 1. The summed E-state index contributed by atoms with van der Waals surface area (Å²) >= 11 is 0. The normalized spacial score (nSPS) is 18.8. The summed E-state index contributed by atoms with van der Waals surface area (Å²) in [7, 11) is 4.37. The van der Waals surface area contributed by atoms with Gasteiger partial charge < -0.3 is 20.2 Å². The number of hydrogen-bond acceptors (Lipinski definition) is 4. The molecule has 1 heterocycles. The lowest BCUT2D eigenvalue weighted by Gasteiger charge is -2.35. The van der Waals surface area contributed by atoms with Crippen molar-refractivity contribution in [3.63, 3.8) is 0 Å². The number of nitrogens with one attached hydrogen (secondary N) is 1. The Balaban J connectivity index is 1.70. The van der Waals surface area contributed by atoms with Gasteiger partial charge in [-0.05, 0) is 58.1 Å². The van der Waals surface area contributed by atoms with Crippen LogP contribution >= 0.6 is 0 Å². The lowest BCUT2D eigenvalue weighted by molar-refractivity contribution is 0.145. The summed E-state index contributed by atoms with van der Waals surface area (Å²) in [4.78, 5) is 4.91. The van der Waals surface area contributed by atoms with Gasteiger partial charge in [-0.25, -0.2) is 0 Å². The van der Waals surface area contributed by atoms with Gasteiger partial charge >= 0.3 is 0 Å². The van der Waals surface area contributed by atoms with Gasteiger partial charge in [-0.15, -0.1) is 0 Å². The van der Waals surface area contributed by atoms with Crippen molar-refractivity contribution in [3.8, 4) is 0 Å². The van der Waals surface area contributed by atoms with E-state index in [0.717, 1.165) is 24.7 Å². The van der Waals surface area contributed by atoms with E-state index in [-0.39, 0.29) is 6.61 Å². The summed E-state index contributed by atoms with van der Waals surface area (Å²) < 4.78 is 0. The molecule has 1 atom stereocenters. The van der Waals surface area contributed by atoms with E-state index in [1.54, 1.807) is 0 Å². The fourth-order valence-electron chi connectivity index (χ4n) is 3.18. The maximum atomic E-state index is 9.22. The molecular formula is C18H31N3O. The van der Waals surface area contributed by atoms with Crippen molar-refractivity contribution in [2.24, 2.45) is 0 Å². The van der Waals surface area contributed by atoms with Gasteiger partial charge in [0.05, 0.1) is 6.61 Å². The lowest BCUT2D eigenvalue weighted by Crippen LogP contribution is -2.44. The Morgan fingerprint density at radius 3 is 2.68 bits per heavy atom. The largest absolute Gasteiger partial charge is 0.392 e. The highest BCUT2D eigenvalue weighted by molar-refractivity contribution is 5.25.